The van der Waals surface area contributed by atoms with Gasteiger partial charge in [0, 0.05) is 25.7 Å². The Balaban J connectivity index is 1.75. The van der Waals surface area contributed by atoms with Gasteiger partial charge < -0.3 is 4.74 Å². The van der Waals surface area contributed by atoms with Crippen LogP contribution < -0.4 is 5.43 Å². The Hall–Kier alpha value is -0.950. The molecule has 1 heterocycles. The van der Waals surface area contributed by atoms with Gasteiger partial charge in [0.2, 0.25) is 0 Å². The summed E-state index contributed by atoms with van der Waals surface area (Å²) in [5.41, 5.74) is 3.62. The van der Waals surface area contributed by atoms with E-state index in [4.69, 9.17) is 4.74 Å². The van der Waals surface area contributed by atoms with Gasteiger partial charge >= 0.3 is 0 Å². The molecule has 5 nitrogen and oxygen atoms in total. The molecule has 1 saturated carbocycles. The van der Waals surface area contributed by atoms with Crippen molar-refractivity contribution in [1.29, 1.82) is 0 Å². The lowest BCUT2D eigenvalue weighted by Crippen LogP contribution is -2.53. The van der Waals surface area contributed by atoms with Gasteiger partial charge in [-0.3, -0.25) is 5.43 Å². The molecule has 1 N–H and O–H groups in total. The molecule has 2 fully saturated rings. The van der Waals surface area contributed by atoms with Crippen LogP contribution in [0.25, 0.3) is 0 Å². The van der Waals surface area contributed by atoms with Crippen molar-refractivity contribution in [1.82, 2.24) is 10.4 Å². The average Bonchev–Trinajstić information content (AvgIpc) is 3.10. The van der Waals surface area contributed by atoms with Crippen LogP contribution in [0.4, 0.5) is 0 Å². The summed E-state index contributed by atoms with van der Waals surface area (Å²) in [6, 6.07) is 9.17. The molecule has 146 valence electrons. The van der Waals surface area contributed by atoms with Crippen LogP contribution in [0, 0.1) is 5.92 Å². The van der Waals surface area contributed by atoms with Crippen LogP contribution in [0.2, 0.25) is 0 Å². The quantitative estimate of drug-likeness (QED) is 0.751. The number of hydrazine groups is 1. The summed E-state index contributed by atoms with van der Waals surface area (Å²) in [6.45, 7) is 1.65. The van der Waals surface area contributed by atoms with Crippen LogP contribution in [0.15, 0.2) is 35.2 Å². The van der Waals surface area contributed by atoms with E-state index in [0.717, 1.165) is 32.2 Å². The molecule has 3 rings (SSSR count). The van der Waals surface area contributed by atoms with E-state index in [1.807, 2.05) is 6.07 Å². The number of hydrogen-bond donors (Lipinski definition) is 1. The van der Waals surface area contributed by atoms with Crippen molar-refractivity contribution in [3.05, 3.63) is 30.3 Å². The normalized spacial score (nSPS) is 24.0. The van der Waals surface area contributed by atoms with E-state index in [9.17, 15) is 8.42 Å². The Kier molecular flexibility index (Phi) is 7.09. The van der Waals surface area contributed by atoms with Crippen molar-refractivity contribution in [2.45, 2.75) is 61.9 Å². The summed E-state index contributed by atoms with van der Waals surface area (Å²) in [6.07, 6.45) is 8.14. The Morgan fingerprint density at radius 1 is 1.12 bits per heavy atom. The zero-order chi connectivity index (χ0) is 18.4. The Morgan fingerprint density at radius 3 is 2.54 bits per heavy atom. The minimum absolute atomic E-state index is 0.0297. The maximum absolute atomic E-state index is 13.0. The van der Waals surface area contributed by atoms with Crippen molar-refractivity contribution in [3.8, 4) is 0 Å². The van der Waals surface area contributed by atoms with Gasteiger partial charge in [-0.15, -0.1) is 0 Å². The van der Waals surface area contributed by atoms with Crippen LogP contribution in [-0.2, 0) is 14.6 Å². The molecule has 1 aliphatic carbocycles. The Bertz CT molecular complexity index is 644. The number of nitrogens with zero attached hydrogens (tertiary/aromatic N) is 1. The first-order chi connectivity index (χ1) is 12.6. The van der Waals surface area contributed by atoms with Gasteiger partial charge in [0.15, 0.2) is 9.84 Å². The van der Waals surface area contributed by atoms with E-state index >= 15 is 0 Å². The molecule has 0 bridgehead atoms. The molecule has 1 aromatic carbocycles. The molecule has 0 amide bonds. The van der Waals surface area contributed by atoms with Gasteiger partial charge in [0.05, 0.1) is 17.3 Å². The second kappa shape index (κ2) is 9.31. The summed E-state index contributed by atoms with van der Waals surface area (Å²) in [7, 11) is -1.57. The van der Waals surface area contributed by atoms with E-state index in [-0.39, 0.29) is 11.8 Å². The van der Waals surface area contributed by atoms with Crippen LogP contribution in [0.3, 0.4) is 0 Å². The zero-order valence-corrected chi connectivity index (χ0v) is 16.6. The fourth-order valence-corrected chi connectivity index (χ4v) is 5.94. The monoisotopic (exact) mass is 380 g/mol. The van der Waals surface area contributed by atoms with E-state index in [0.29, 0.717) is 23.5 Å². The topological polar surface area (TPSA) is 58.6 Å². The largest absolute Gasteiger partial charge is 0.383 e. The van der Waals surface area contributed by atoms with Gasteiger partial charge in [0.25, 0.3) is 0 Å². The molecule has 6 heteroatoms. The van der Waals surface area contributed by atoms with Crippen molar-refractivity contribution in [2.75, 3.05) is 26.0 Å². The molecule has 2 aliphatic rings. The summed E-state index contributed by atoms with van der Waals surface area (Å²) in [4.78, 5) is 0.428. The second-order valence-corrected chi connectivity index (χ2v) is 9.71. The van der Waals surface area contributed by atoms with Gasteiger partial charge in [-0.2, -0.15) is 0 Å². The number of benzene rings is 1. The summed E-state index contributed by atoms with van der Waals surface area (Å²) in [5, 5.41) is 2.24. The van der Waals surface area contributed by atoms with Gasteiger partial charge in [-0.1, -0.05) is 37.5 Å². The lowest BCUT2D eigenvalue weighted by molar-refractivity contribution is 0.0603. The van der Waals surface area contributed by atoms with E-state index in [2.05, 4.69) is 10.4 Å². The number of sulfone groups is 1. The maximum atomic E-state index is 13.0. The molecule has 0 aromatic heterocycles. The molecule has 0 radical (unpaired) electrons. The number of hydrogen-bond acceptors (Lipinski definition) is 5. The minimum Gasteiger partial charge on any atom is -0.383 e. The van der Waals surface area contributed by atoms with Crippen molar-refractivity contribution >= 4 is 9.84 Å². The molecular formula is C20H32N2O3S. The molecule has 1 aromatic rings. The van der Waals surface area contributed by atoms with Crippen LogP contribution in [0.5, 0.6) is 0 Å². The third-order valence-electron chi connectivity index (χ3n) is 5.79. The first kappa shape index (κ1) is 19.8. The first-order valence-corrected chi connectivity index (χ1v) is 11.5. The highest BCUT2D eigenvalue weighted by Gasteiger charge is 2.33. The predicted molar refractivity (Wildman–Crippen MR) is 104 cm³/mol. The van der Waals surface area contributed by atoms with Crippen molar-refractivity contribution in [3.63, 3.8) is 0 Å². The van der Waals surface area contributed by atoms with Crippen LogP contribution in [-0.4, -0.2) is 51.5 Å². The standard InChI is InChI=1S/C20H32N2O3S/c1-25-15-18-11-8-14-22(18)21-20(17-9-4-2-5-10-17)16-26(23,24)19-12-6-3-7-13-19/h3,6-7,12-13,17-18,20-21H,2,4-5,8-11,14-16H2,1H3/t18-,20-/m0/s1. The molecule has 26 heavy (non-hydrogen) atoms. The third kappa shape index (κ3) is 5.06. The molecule has 1 saturated heterocycles. The number of methoxy groups -OCH3 is 1. The van der Waals surface area contributed by atoms with E-state index < -0.39 is 9.84 Å². The minimum atomic E-state index is -3.30. The second-order valence-electron chi connectivity index (χ2n) is 7.67. The molecule has 0 spiro atoms. The van der Waals surface area contributed by atoms with Gasteiger partial charge in [-0.05, 0) is 43.7 Å². The van der Waals surface area contributed by atoms with Crippen molar-refractivity contribution < 1.29 is 13.2 Å². The average molecular weight is 381 g/mol. The fraction of sp³-hybridized carbons (Fsp3) is 0.700. The summed E-state index contributed by atoms with van der Waals surface area (Å²) >= 11 is 0. The number of rotatable bonds is 8. The molecule has 2 atom stereocenters. The van der Waals surface area contributed by atoms with E-state index in [1.54, 1.807) is 31.4 Å². The smallest absolute Gasteiger partial charge is 0.179 e. The first-order valence-electron chi connectivity index (χ1n) is 9.90. The maximum Gasteiger partial charge on any atom is 0.179 e. The predicted octanol–water partition coefficient (Wildman–Crippen LogP) is 3.02. The number of nitrogens with one attached hydrogen (secondary N) is 1. The van der Waals surface area contributed by atoms with Crippen molar-refractivity contribution in [2.24, 2.45) is 5.92 Å². The third-order valence-corrected chi connectivity index (χ3v) is 7.58. The lowest BCUT2D eigenvalue weighted by Gasteiger charge is -2.36. The van der Waals surface area contributed by atoms with E-state index in [1.165, 1.54) is 19.3 Å². The Labute approximate surface area is 158 Å². The zero-order valence-electron chi connectivity index (χ0n) is 15.8. The SMILES string of the molecule is COC[C@@H]1CCCN1N[C@@H](CS(=O)(=O)c1ccccc1)C1CCCCC1. The fourth-order valence-electron chi connectivity index (χ4n) is 4.36. The van der Waals surface area contributed by atoms with Gasteiger partial charge in [0.1, 0.15) is 0 Å². The summed E-state index contributed by atoms with van der Waals surface area (Å²) < 4.78 is 31.3. The lowest BCUT2D eigenvalue weighted by atomic mass is 9.85. The highest BCUT2D eigenvalue weighted by molar-refractivity contribution is 7.91. The van der Waals surface area contributed by atoms with Crippen LogP contribution >= 0.6 is 0 Å². The Morgan fingerprint density at radius 2 is 1.85 bits per heavy atom. The molecule has 0 unspecified atom stereocenters. The summed E-state index contributed by atoms with van der Waals surface area (Å²) in [5.74, 6) is 0.587. The number of ether oxygens (including phenoxy) is 1. The molecule has 1 aliphatic heterocycles. The van der Waals surface area contributed by atoms with Crippen LogP contribution in [0.1, 0.15) is 44.9 Å². The highest BCUT2D eigenvalue weighted by atomic mass is 32.2. The molecular weight excluding hydrogens is 348 g/mol. The van der Waals surface area contributed by atoms with Gasteiger partial charge in [-0.25, -0.2) is 13.4 Å². The highest BCUT2D eigenvalue weighted by Crippen LogP contribution is 2.29.